The molecule has 0 amide bonds. The molecule has 0 N–H and O–H groups in total. The summed E-state index contributed by atoms with van der Waals surface area (Å²) in [5.74, 6) is 0.0257. The highest BCUT2D eigenvalue weighted by atomic mass is 32.2. The summed E-state index contributed by atoms with van der Waals surface area (Å²) < 4.78 is 30.2. The van der Waals surface area contributed by atoms with E-state index in [0.29, 0.717) is 13.1 Å². The van der Waals surface area contributed by atoms with E-state index in [0.717, 1.165) is 16.8 Å². The van der Waals surface area contributed by atoms with Gasteiger partial charge in [-0.2, -0.15) is 4.31 Å². The molecule has 128 valence electrons. The Labute approximate surface area is 148 Å². The zero-order chi connectivity index (χ0) is 17.3. The second kappa shape index (κ2) is 6.50. The first-order valence-electron chi connectivity index (χ1n) is 8.38. The summed E-state index contributed by atoms with van der Waals surface area (Å²) in [6, 6.07) is 23.0. The molecule has 0 saturated heterocycles. The molecule has 1 aliphatic heterocycles. The van der Waals surface area contributed by atoms with Crippen LogP contribution in [0.5, 0.6) is 0 Å². The van der Waals surface area contributed by atoms with Crippen LogP contribution in [-0.2, 0) is 22.3 Å². The number of fused-ring (bicyclic) bond motifs is 1. The SMILES string of the molecule is O=S(=O)(Cc1ccccc1)N1CCn2cccc2C1c1ccccc1. The third kappa shape index (κ3) is 3.13. The van der Waals surface area contributed by atoms with Crippen molar-refractivity contribution in [3.05, 3.63) is 95.8 Å². The molecule has 2 heterocycles. The summed E-state index contributed by atoms with van der Waals surface area (Å²) in [6.07, 6.45) is 2.02. The van der Waals surface area contributed by atoms with E-state index < -0.39 is 10.0 Å². The first-order valence-corrected chi connectivity index (χ1v) is 9.99. The van der Waals surface area contributed by atoms with E-state index in [1.54, 1.807) is 4.31 Å². The van der Waals surface area contributed by atoms with E-state index >= 15 is 0 Å². The minimum atomic E-state index is -3.43. The highest BCUT2D eigenvalue weighted by Gasteiger charge is 2.36. The highest BCUT2D eigenvalue weighted by molar-refractivity contribution is 7.88. The third-order valence-electron chi connectivity index (χ3n) is 4.66. The third-order valence-corrected chi connectivity index (χ3v) is 6.46. The van der Waals surface area contributed by atoms with Crippen LogP contribution >= 0.6 is 0 Å². The van der Waals surface area contributed by atoms with Crippen LogP contribution < -0.4 is 0 Å². The Morgan fingerprint density at radius 3 is 2.24 bits per heavy atom. The molecule has 1 aromatic heterocycles. The normalized spacial score (nSPS) is 18.0. The fraction of sp³-hybridized carbons (Fsp3) is 0.200. The van der Waals surface area contributed by atoms with Gasteiger partial charge in [0.2, 0.25) is 10.0 Å². The van der Waals surface area contributed by atoms with Crippen molar-refractivity contribution < 1.29 is 8.42 Å². The molecule has 0 bridgehead atoms. The molecule has 0 saturated carbocycles. The van der Waals surface area contributed by atoms with E-state index in [1.807, 2.05) is 79.0 Å². The predicted molar refractivity (Wildman–Crippen MR) is 98.5 cm³/mol. The van der Waals surface area contributed by atoms with E-state index in [1.165, 1.54) is 0 Å². The summed E-state index contributed by atoms with van der Waals surface area (Å²) in [4.78, 5) is 0. The number of benzene rings is 2. The Balaban J connectivity index is 1.75. The molecular formula is C20H20N2O2S. The number of rotatable bonds is 4. The molecule has 0 fully saturated rings. The van der Waals surface area contributed by atoms with E-state index in [-0.39, 0.29) is 11.8 Å². The second-order valence-electron chi connectivity index (χ2n) is 6.29. The Morgan fingerprint density at radius 2 is 1.52 bits per heavy atom. The van der Waals surface area contributed by atoms with Gasteiger partial charge in [0, 0.05) is 25.0 Å². The van der Waals surface area contributed by atoms with Crippen molar-refractivity contribution in [2.45, 2.75) is 18.3 Å². The zero-order valence-electron chi connectivity index (χ0n) is 13.8. The van der Waals surface area contributed by atoms with Gasteiger partial charge in [0.1, 0.15) is 0 Å². The minimum Gasteiger partial charge on any atom is -0.348 e. The molecule has 0 spiro atoms. The largest absolute Gasteiger partial charge is 0.348 e. The van der Waals surface area contributed by atoms with Gasteiger partial charge in [-0.3, -0.25) is 0 Å². The van der Waals surface area contributed by atoms with Crippen LogP contribution in [0.4, 0.5) is 0 Å². The van der Waals surface area contributed by atoms with Gasteiger partial charge >= 0.3 is 0 Å². The molecule has 25 heavy (non-hydrogen) atoms. The van der Waals surface area contributed by atoms with Crippen molar-refractivity contribution in [3.8, 4) is 0 Å². The van der Waals surface area contributed by atoms with Gasteiger partial charge in [-0.25, -0.2) is 8.42 Å². The summed E-state index contributed by atoms with van der Waals surface area (Å²) >= 11 is 0. The molecule has 4 nitrogen and oxygen atoms in total. The van der Waals surface area contributed by atoms with Crippen LogP contribution in [0, 0.1) is 0 Å². The average molecular weight is 352 g/mol. The fourth-order valence-corrected chi connectivity index (χ4v) is 5.19. The highest BCUT2D eigenvalue weighted by Crippen LogP contribution is 2.35. The molecule has 0 radical (unpaired) electrons. The average Bonchev–Trinajstić information content (AvgIpc) is 3.11. The molecule has 2 aromatic carbocycles. The number of hydrogen-bond donors (Lipinski definition) is 0. The molecule has 1 unspecified atom stereocenters. The molecule has 1 atom stereocenters. The number of hydrogen-bond acceptors (Lipinski definition) is 2. The minimum absolute atomic E-state index is 0.0257. The van der Waals surface area contributed by atoms with Crippen LogP contribution in [0.15, 0.2) is 79.0 Å². The lowest BCUT2D eigenvalue weighted by Gasteiger charge is -2.36. The van der Waals surface area contributed by atoms with Crippen LogP contribution in [-0.4, -0.2) is 23.8 Å². The fourth-order valence-electron chi connectivity index (χ4n) is 3.50. The summed E-state index contributed by atoms with van der Waals surface area (Å²) in [7, 11) is -3.43. The summed E-state index contributed by atoms with van der Waals surface area (Å²) in [5.41, 5.74) is 2.84. The number of aromatic nitrogens is 1. The molecule has 4 rings (SSSR count). The van der Waals surface area contributed by atoms with Crippen molar-refractivity contribution in [1.29, 1.82) is 0 Å². The lowest BCUT2D eigenvalue weighted by molar-refractivity contribution is 0.298. The van der Waals surface area contributed by atoms with Crippen LogP contribution in [0.3, 0.4) is 0 Å². The van der Waals surface area contributed by atoms with Crippen LogP contribution in [0.25, 0.3) is 0 Å². The summed E-state index contributed by atoms with van der Waals surface area (Å²) in [5, 5.41) is 0. The lowest BCUT2D eigenvalue weighted by atomic mass is 10.0. The predicted octanol–water partition coefficient (Wildman–Crippen LogP) is 3.42. The van der Waals surface area contributed by atoms with Crippen molar-refractivity contribution >= 4 is 10.0 Å². The standard InChI is InChI=1S/C20H20N2O2S/c23-25(24,16-17-8-3-1-4-9-17)22-15-14-21-13-7-12-19(21)20(22)18-10-5-2-6-11-18/h1-13,20H,14-16H2. The monoisotopic (exact) mass is 352 g/mol. The second-order valence-corrected chi connectivity index (χ2v) is 8.21. The number of sulfonamides is 1. The van der Waals surface area contributed by atoms with Gasteiger partial charge in [-0.15, -0.1) is 0 Å². The zero-order valence-corrected chi connectivity index (χ0v) is 14.6. The molecule has 0 aliphatic carbocycles. The van der Waals surface area contributed by atoms with Crippen molar-refractivity contribution in [3.63, 3.8) is 0 Å². The number of nitrogens with zero attached hydrogens (tertiary/aromatic N) is 2. The van der Waals surface area contributed by atoms with E-state index in [2.05, 4.69) is 4.57 Å². The van der Waals surface area contributed by atoms with Gasteiger partial charge in [-0.1, -0.05) is 60.7 Å². The van der Waals surface area contributed by atoms with Crippen LogP contribution in [0.2, 0.25) is 0 Å². The lowest BCUT2D eigenvalue weighted by Crippen LogP contribution is -2.42. The van der Waals surface area contributed by atoms with E-state index in [4.69, 9.17) is 0 Å². The molecule has 3 aromatic rings. The van der Waals surface area contributed by atoms with Gasteiger partial charge in [0.25, 0.3) is 0 Å². The first kappa shape index (κ1) is 16.1. The van der Waals surface area contributed by atoms with Gasteiger partial charge < -0.3 is 4.57 Å². The van der Waals surface area contributed by atoms with Crippen molar-refractivity contribution in [2.24, 2.45) is 0 Å². The maximum atomic E-state index is 13.2. The Kier molecular flexibility index (Phi) is 4.19. The van der Waals surface area contributed by atoms with E-state index in [9.17, 15) is 8.42 Å². The van der Waals surface area contributed by atoms with Crippen LogP contribution in [0.1, 0.15) is 22.9 Å². The maximum absolute atomic E-state index is 13.2. The molecular weight excluding hydrogens is 332 g/mol. The Morgan fingerprint density at radius 1 is 0.840 bits per heavy atom. The Hall–Kier alpha value is -2.37. The Bertz CT molecular complexity index is 950. The smallest absolute Gasteiger partial charge is 0.219 e. The van der Waals surface area contributed by atoms with Crippen molar-refractivity contribution in [2.75, 3.05) is 6.54 Å². The van der Waals surface area contributed by atoms with Crippen molar-refractivity contribution in [1.82, 2.24) is 8.87 Å². The van der Waals surface area contributed by atoms with Gasteiger partial charge in [0.15, 0.2) is 0 Å². The maximum Gasteiger partial charge on any atom is 0.219 e. The van der Waals surface area contributed by atoms with Gasteiger partial charge in [0.05, 0.1) is 11.8 Å². The summed E-state index contributed by atoms with van der Waals surface area (Å²) in [6.45, 7) is 1.16. The quantitative estimate of drug-likeness (QED) is 0.722. The van der Waals surface area contributed by atoms with Gasteiger partial charge in [-0.05, 0) is 23.3 Å². The molecule has 5 heteroatoms. The first-order chi connectivity index (χ1) is 12.1. The topological polar surface area (TPSA) is 42.3 Å². The molecule has 1 aliphatic rings.